The van der Waals surface area contributed by atoms with Crippen LogP contribution in [0.4, 0.5) is 5.69 Å². The molecule has 5 nitrogen and oxygen atoms in total. The summed E-state index contributed by atoms with van der Waals surface area (Å²) in [5.74, 6) is -0.977. The van der Waals surface area contributed by atoms with Crippen molar-refractivity contribution in [3.8, 4) is 0 Å². The first kappa shape index (κ1) is 14.7. The minimum absolute atomic E-state index is 0.00727. The predicted molar refractivity (Wildman–Crippen MR) is 78.1 cm³/mol. The van der Waals surface area contributed by atoms with Crippen molar-refractivity contribution in [3.05, 3.63) is 75.3 Å². The molecule has 0 bridgehead atoms. The third kappa shape index (κ3) is 3.08. The van der Waals surface area contributed by atoms with Gasteiger partial charge >= 0.3 is 5.97 Å². The average molecular weight is 285 g/mol. The van der Waals surface area contributed by atoms with E-state index < -0.39 is 16.8 Å². The molecule has 0 amide bonds. The van der Waals surface area contributed by atoms with Crippen LogP contribution in [0.15, 0.2) is 48.5 Å². The third-order valence-corrected chi connectivity index (χ3v) is 3.37. The van der Waals surface area contributed by atoms with E-state index in [1.165, 1.54) is 19.2 Å². The first-order chi connectivity index (χ1) is 10.0. The van der Waals surface area contributed by atoms with Gasteiger partial charge in [-0.25, -0.2) is 0 Å². The van der Waals surface area contributed by atoms with E-state index in [2.05, 4.69) is 0 Å². The molecule has 0 spiro atoms. The molecule has 0 radical (unpaired) electrons. The number of non-ortho nitro benzene ring substituents is 1. The monoisotopic (exact) mass is 285 g/mol. The highest BCUT2D eigenvalue weighted by Crippen LogP contribution is 2.29. The molecule has 21 heavy (non-hydrogen) atoms. The number of methoxy groups -OCH3 is 1. The van der Waals surface area contributed by atoms with Crippen LogP contribution in [0, 0.1) is 17.0 Å². The van der Waals surface area contributed by atoms with Crippen molar-refractivity contribution in [3.63, 3.8) is 0 Å². The Hall–Kier alpha value is -2.69. The van der Waals surface area contributed by atoms with E-state index in [4.69, 9.17) is 4.74 Å². The second-order valence-corrected chi connectivity index (χ2v) is 4.66. The molecule has 1 atom stereocenters. The fourth-order valence-electron chi connectivity index (χ4n) is 2.26. The largest absolute Gasteiger partial charge is 0.468 e. The molecular weight excluding hydrogens is 270 g/mol. The van der Waals surface area contributed by atoms with Crippen LogP contribution in [-0.2, 0) is 9.53 Å². The number of nitro groups is 1. The van der Waals surface area contributed by atoms with Crippen molar-refractivity contribution in [2.75, 3.05) is 7.11 Å². The number of rotatable bonds is 4. The number of nitrogens with zero attached hydrogens (tertiary/aromatic N) is 1. The summed E-state index contributed by atoms with van der Waals surface area (Å²) in [6.07, 6.45) is 0. The van der Waals surface area contributed by atoms with E-state index >= 15 is 0 Å². The average Bonchev–Trinajstić information content (AvgIpc) is 2.49. The molecule has 0 aliphatic heterocycles. The Morgan fingerprint density at radius 1 is 1.14 bits per heavy atom. The summed E-state index contributed by atoms with van der Waals surface area (Å²) in [6, 6.07) is 13.5. The summed E-state index contributed by atoms with van der Waals surface area (Å²) >= 11 is 0. The zero-order chi connectivity index (χ0) is 15.4. The van der Waals surface area contributed by atoms with Crippen molar-refractivity contribution < 1.29 is 14.5 Å². The van der Waals surface area contributed by atoms with Gasteiger partial charge in [-0.2, -0.15) is 0 Å². The molecule has 0 aromatic heterocycles. The van der Waals surface area contributed by atoms with Crippen LogP contribution >= 0.6 is 0 Å². The van der Waals surface area contributed by atoms with Crippen LogP contribution < -0.4 is 0 Å². The topological polar surface area (TPSA) is 69.4 Å². The molecule has 0 aliphatic rings. The summed E-state index contributed by atoms with van der Waals surface area (Å²) in [6.45, 7) is 1.91. The maximum absolute atomic E-state index is 12.1. The molecule has 0 heterocycles. The number of ether oxygens (including phenoxy) is 1. The molecule has 2 aromatic carbocycles. The van der Waals surface area contributed by atoms with Gasteiger partial charge in [-0.15, -0.1) is 0 Å². The van der Waals surface area contributed by atoms with E-state index in [0.29, 0.717) is 5.56 Å². The van der Waals surface area contributed by atoms with Crippen LogP contribution in [0.25, 0.3) is 0 Å². The van der Waals surface area contributed by atoms with Crippen molar-refractivity contribution in [2.45, 2.75) is 12.8 Å². The highest BCUT2D eigenvalue weighted by Gasteiger charge is 2.25. The number of esters is 1. The molecule has 5 heteroatoms. The molecule has 0 fully saturated rings. The number of benzene rings is 2. The Labute approximate surface area is 122 Å². The lowest BCUT2D eigenvalue weighted by Gasteiger charge is -2.17. The molecule has 0 saturated carbocycles. The van der Waals surface area contributed by atoms with Gasteiger partial charge in [0.2, 0.25) is 0 Å². The van der Waals surface area contributed by atoms with Crippen molar-refractivity contribution >= 4 is 11.7 Å². The molecule has 108 valence electrons. The van der Waals surface area contributed by atoms with E-state index in [0.717, 1.165) is 11.1 Å². The van der Waals surface area contributed by atoms with Crippen molar-refractivity contribution in [1.82, 2.24) is 0 Å². The van der Waals surface area contributed by atoms with Crippen LogP contribution in [0.2, 0.25) is 0 Å². The number of aryl methyl sites for hydroxylation is 1. The maximum atomic E-state index is 12.1. The summed E-state index contributed by atoms with van der Waals surface area (Å²) in [7, 11) is 1.33. The lowest BCUT2D eigenvalue weighted by molar-refractivity contribution is -0.384. The Balaban J connectivity index is 2.48. The van der Waals surface area contributed by atoms with Gasteiger partial charge in [0.1, 0.15) is 5.92 Å². The van der Waals surface area contributed by atoms with Gasteiger partial charge in [0, 0.05) is 12.1 Å². The molecule has 0 aliphatic carbocycles. The standard InChI is InChI=1S/C16H15NO4/c1-11-5-3-4-6-14(11)15(16(18)21-2)12-7-9-13(10-8-12)17(19)20/h3-10,15H,1-2H3. The number of carbonyl (C=O) groups excluding carboxylic acids is 1. The predicted octanol–water partition coefficient (Wildman–Crippen LogP) is 3.21. The Morgan fingerprint density at radius 3 is 2.29 bits per heavy atom. The zero-order valence-electron chi connectivity index (χ0n) is 11.8. The van der Waals surface area contributed by atoms with Crippen LogP contribution in [0.1, 0.15) is 22.6 Å². The quantitative estimate of drug-likeness (QED) is 0.491. The fourth-order valence-corrected chi connectivity index (χ4v) is 2.26. The van der Waals surface area contributed by atoms with Gasteiger partial charge in [-0.05, 0) is 23.6 Å². The minimum atomic E-state index is -0.586. The highest BCUT2D eigenvalue weighted by molar-refractivity contribution is 5.82. The SMILES string of the molecule is COC(=O)C(c1ccc([N+](=O)[O-])cc1)c1ccccc1C. The molecule has 2 rings (SSSR count). The fraction of sp³-hybridized carbons (Fsp3) is 0.188. The van der Waals surface area contributed by atoms with E-state index in [1.54, 1.807) is 12.1 Å². The van der Waals surface area contributed by atoms with E-state index in [-0.39, 0.29) is 5.69 Å². The first-order valence-electron chi connectivity index (χ1n) is 6.42. The summed E-state index contributed by atoms with van der Waals surface area (Å²) < 4.78 is 4.88. The molecule has 2 aromatic rings. The minimum Gasteiger partial charge on any atom is -0.468 e. The summed E-state index contributed by atoms with van der Waals surface area (Å²) in [5.41, 5.74) is 2.46. The lowest BCUT2D eigenvalue weighted by atomic mass is 9.88. The van der Waals surface area contributed by atoms with Crippen LogP contribution in [0.5, 0.6) is 0 Å². The number of hydrogen-bond donors (Lipinski definition) is 0. The van der Waals surface area contributed by atoms with Gasteiger partial charge in [-0.1, -0.05) is 36.4 Å². The normalized spacial score (nSPS) is 11.7. The Morgan fingerprint density at radius 2 is 1.76 bits per heavy atom. The third-order valence-electron chi connectivity index (χ3n) is 3.37. The van der Waals surface area contributed by atoms with Crippen LogP contribution in [-0.4, -0.2) is 18.0 Å². The van der Waals surface area contributed by atoms with Gasteiger partial charge in [0.25, 0.3) is 5.69 Å². The lowest BCUT2D eigenvalue weighted by Crippen LogP contribution is -2.16. The highest BCUT2D eigenvalue weighted by atomic mass is 16.6. The first-order valence-corrected chi connectivity index (χ1v) is 6.42. The molecule has 0 N–H and O–H groups in total. The number of carbonyl (C=O) groups is 1. The Kier molecular flexibility index (Phi) is 4.33. The zero-order valence-corrected chi connectivity index (χ0v) is 11.8. The van der Waals surface area contributed by atoms with Gasteiger partial charge in [0.05, 0.1) is 12.0 Å². The Bertz CT molecular complexity index is 664. The molecule has 0 saturated heterocycles. The van der Waals surface area contributed by atoms with Gasteiger partial charge in [0.15, 0.2) is 0 Å². The second kappa shape index (κ2) is 6.17. The van der Waals surface area contributed by atoms with Crippen molar-refractivity contribution in [1.29, 1.82) is 0 Å². The van der Waals surface area contributed by atoms with Gasteiger partial charge < -0.3 is 4.74 Å². The van der Waals surface area contributed by atoms with Crippen molar-refractivity contribution in [2.24, 2.45) is 0 Å². The summed E-state index contributed by atoms with van der Waals surface area (Å²) in [5, 5.41) is 10.7. The number of nitro benzene ring substituents is 1. The second-order valence-electron chi connectivity index (χ2n) is 4.66. The molecule has 1 unspecified atom stereocenters. The van der Waals surface area contributed by atoms with E-state index in [1.807, 2.05) is 31.2 Å². The summed E-state index contributed by atoms with van der Waals surface area (Å²) in [4.78, 5) is 22.4. The molecular formula is C16H15NO4. The number of hydrogen-bond acceptors (Lipinski definition) is 4. The van der Waals surface area contributed by atoms with Crippen LogP contribution in [0.3, 0.4) is 0 Å². The maximum Gasteiger partial charge on any atom is 0.317 e. The smallest absolute Gasteiger partial charge is 0.317 e. The van der Waals surface area contributed by atoms with E-state index in [9.17, 15) is 14.9 Å². The van der Waals surface area contributed by atoms with Gasteiger partial charge in [-0.3, -0.25) is 14.9 Å².